The molecule has 0 spiro atoms. The van der Waals surface area contributed by atoms with Crippen molar-refractivity contribution < 1.29 is 9.53 Å². The summed E-state index contributed by atoms with van der Waals surface area (Å²) in [7, 11) is 11.0. The standard InChI is InChI=1S/C16H26N4O2.C4H9N.CH5N/c1-7-16(21)18-12-10-13(17-2)15(22-6)11-14(12)20(5)9-8-19(3)4;1-4(2)3-5;1-2/h7,10-11,17H,1,8-9H2,2-6H3,(H,18,21);3H,5H2,1-2H3;2H2,1H3. The summed E-state index contributed by atoms with van der Waals surface area (Å²) in [5.74, 6) is 0.486. The van der Waals surface area contributed by atoms with Crippen molar-refractivity contribution >= 4 is 23.0 Å². The quantitative estimate of drug-likeness (QED) is 0.489. The SMILES string of the molecule is C=CC(=O)Nc1cc(NC)c(OC)cc1N(C)CCN(C)C.CC(C)=CN.CN. The van der Waals surface area contributed by atoms with E-state index in [-0.39, 0.29) is 5.91 Å². The summed E-state index contributed by atoms with van der Waals surface area (Å²) >= 11 is 0. The topological polar surface area (TPSA) is 109 Å². The molecule has 0 unspecified atom stereocenters. The Morgan fingerprint density at radius 2 is 1.72 bits per heavy atom. The number of carbonyl (C=O) groups excluding carboxylic acids is 1. The molecule has 166 valence electrons. The molecule has 1 amide bonds. The molecule has 0 saturated carbocycles. The molecule has 0 heterocycles. The Morgan fingerprint density at radius 3 is 2.10 bits per heavy atom. The number of carbonyl (C=O) groups is 1. The number of ether oxygens (including phenoxy) is 1. The smallest absolute Gasteiger partial charge is 0.247 e. The van der Waals surface area contributed by atoms with E-state index in [0.717, 1.165) is 41.5 Å². The first kappa shape index (κ1) is 28.5. The number of hydrogen-bond donors (Lipinski definition) is 4. The monoisotopic (exact) mass is 408 g/mol. The summed E-state index contributed by atoms with van der Waals surface area (Å²) < 4.78 is 5.41. The molecule has 29 heavy (non-hydrogen) atoms. The number of likely N-dealkylation sites (N-methyl/N-ethyl adjacent to an activating group) is 2. The number of hydrogen-bond acceptors (Lipinski definition) is 7. The summed E-state index contributed by atoms with van der Waals surface area (Å²) in [5.41, 5.74) is 13.1. The van der Waals surface area contributed by atoms with Gasteiger partial charge in [-0.1, -0.05) is 12.2 Å². The first-order valence-corrected chi connectivity index (χ1v) is 9.32. The van der Waals surface area contributed by atoms with Crippen molar-refractivity contribution in [2.24, 2.45) is 11.5 Å². The lowest BCUT2D eigenvalue weighted by atomic mass is 10.2. The van der Waals surface area contributed by atoms with E-state index in [4.69, 9.17) is 10.5 Å². The number of methoxy groups -OCH3 is 1. The van der Waals surface area contributed by atoms with Gasteiger partial charge in [0, 0.05) is 33.3 Å². The first-order valence-electron chi connectivity index (χ1n) is 9.32. The van der Waals surface area contributed by atoms with Crippen molar-refractivity contribution in [3.63, 3.8) is 0 Å². The molecule has 1 aromatic rings. The molecule has 0 saturated heterocycles. The van der Waals surface area contributed by atoms with Gasteiger partial charge in [-0.3, -0.25) is 4.79 Å². The molecule has 0 aliphatic heterocycles. The fraction of sp³-hybridized carbons (Fsp3) is 0.476. The van der Waals surface area contributed by atoms with Crippen molar-refractivity contribution in [3.8, 4) is 5.75 Å². The van der Waals surface area contributed by atoms with Crippen LogP contribution in [-0.2, 0) is 4.79 Å². The first-order chi connectivity index (χ1) is 13.7. The lowest BCUT2D eigenvalue weighted by Gasteiger charge is -2.25. The zero-order valence-corrected chi connectivity index (χ0v) is 19.3. The lowest BCUT2D eigenvalue weighted by Crippen LogP contribution is -2.29. The summed E-state index contributed by atoms with van der Waals surface area (Å²) in [6, 6.07) is 3.78. The predicted octanol–water partition coefficient (Wildman–Crippen LogP) is 2.30. The van der Waals surface area contributed by atoms with E-state index in [1.165, 1.54) is 13.1 Å². The maximum atomic E-state index is 11.7. The van der Waals surface area contributed by atoms with Crippen molar-refractivity contribution in [2.45, 2.75) is 13.8 Å². The molecule has 0 aliphatic rings. The summed E-state index contributed by atoms with van der Waals surface area (Å²) in [5, 5.41) is 5.91. The van der Waals surface area contributed by atoms with Gasteiger partial charge in [-0.2, -0.15) is 0 Å². The highest BCUT2D eigenvalue weighted by atomic mass is 16.5. The van der Waals surface area contributed by atoms with Crippen molar-refractivity contribution in [1.29, 1.82) is 0 Å². The molecule has 0 aromatic heterocycles. The van der Waals surface area contributed by atoms with Crippen LogP contribution in [0.25, 0.3) is 0 Å². The zero-order valence-electron chi connectivity index (χ0n) is 19.3. The van der Waals surface area contributed by atoms with Crippen LogP contribution in [-0.4, -0.2) is 66.2 Å². The van der Waals surface area contributed by atoms with Crippen molar-refractivity contribution in [3.05, 3.63) is 36.6 Å². The van der Waals surface area contributed by atoms with Gasteiger partial charge in [0.1, 0.15) is 5.75 Å². The molecule has 0 atom stereocenters. The Bertz CT molecular complexity index is 640. The minimum absolute atomic E-state index is 0.241. The highest BCUT2D eigenvalue weighted by molar-refractivity contribution is 6.02. The number of allylic oxidation sites excluding steroid dienone is 1. The molecule has 8 heteroatoms. The van der Waals surface area contributed by atoms with Gasteiger partial charge in [-0.05, 0) is 53.3 Å². The number of anilines is 3. The van der Waals surface area contributed by atoms with Gasteiger partial charge >= 0.3 is 0 Å². The number of rotatable bonds is 8. The number of nitrogens with one attached hydrogen (secondary N) is 2. The van der Waals surface area contributed by atoms with Crippen LogP contribution in [0.15, 0.2) is 36.6 Å². The van der Waals surface area contributed by atoms with E-state index in [2.05, 4.69) is 32.7 Å². The second-order valence-corrected chi connectivity index (χ2v) is 6.48. The Balaban J connectivity index is 0. The van der Waals surface area contributed by atoms with E-state index in [1.807, 2.05) is 54.2 Å². The number of amides is 1. The second kappa shape index (κ2) is 16.3. The molecule has 0 radical (unpaired) electrons. The Kier molecular flexibility index (Phi) is 16.0. The third-order valence-corrected chi connectivity index (χ3v) is 3.66. The van der Waals surface area contributed by atoms with Crippen LogP contribution in [0.3, 0.4) is 0 Å². The van der Waals surface area contributed by atoms with Gasteiger partial charge in [0.2, 0.25) is 5.91 Å². The highest BCUT2D eigenvalue weighted by Crippen LogP contribution is 2.36. The minimum atomic E-state index is -0.241. The van der Waals surface area contributed by atoms with Crippen LogP contribution in [0.2, 0.25) is 0 Å². The second-order valence-electron chi connectivity index (χ2n) is 6.48. The maximum Gasteiger partial charge on any atom is 0.247 e. The predicted molar refractivity (Wildman–Crippen MR) is 127 cm³/mol. The molecule has 0 fully saturated rings. The third kappa shape index (κ3) is 11.7. The average molecular weight is 409 g/mol. The fourth-order valence-corrected chi connectivity index (χ4v) is 2.00. The Morgan fingerprint density at radius 1 is 1.17 bits per heavy atom. The van der Waals surface area contributed by atoms with Crippen LogP contribution in [0.1, 0.15) is 13.8 Å². The van der Waals surface area contributed by atoms with Gasteiger partial charge in [-0.15, -0.1) is 0 Å². The molecular weight excluding hydrogens is 368 g/mol. The molecule has 1 rings (SSSR count). The average Bonchev–Trinajstić information content (AvgIpc) is 2.73. The van der Waals surface area contributed by atoms with Gasteiger partial charge < -0.3 is 36.6 Å². The van der Waals surface area contributed by atoms with E-state index in [1.54, 1.807) is 13.3 Å². The van der Waals surface area contributed by atoms with Crippen LogP contribution in [0, 0.1) is 0 Å². The largest absolute Gasteiger partial charge is 0.495 e. The van der Waals surface area contributed by atoms with E-state index in [0.29, 0.717) is 0 Å². The summed E-state index contributed by atoms with van der Waals surface area (Å²) in [6.07, 6.45) is 2.84. The van der Waals surface area contributed by atoms with Crippen molar-refractivity contribution in [2.75, 3.05) is 71.0 Å². The van der Waals surface area contributed by atoms with E-state index < -0.39 is 0 Å². The van der Waals surface area contributed by atoms with Crippen molar-refractivity contribution in [1.82, 2.24) is 4.90 Å². The van der Waals surface area contributed by atoms with E-state index in [9.17, 15) is 4.79 Å². The van der Waals surface area contributed by atoms with Crippen LogP contribution in [0.5, 0.6) is 5.75 Å². The van der Waals surface area contributed by atoms with E-state index >= 15 is 0 Å². The number of nitrogens with zero attached hydrogens (tertiary/aromatic N) is 2. The molecule has 1 aromatic carbocycles. The summed E-state index contributed by atoms with van der Waals surface area (Å²) in [4.78, 5) is 15.9. The van der Waals surface area contributed by atoms with Gasteiger partial charge in [0.05, 0.1) is 24.2 Å². The lowest BCUT2D eigenvalue weighted by molar-refractivity contribution is -0.111. The zero-order chi connectivity index (χ0) is 23.0. The van der Waals surface area contributed by atoms with Crippen LogP contribution in [0.4, 0.5) is 17.1 Å². The highest BCUT2D eigenvalue weighted by Gasteiger charge is 2.14. The summed E-state index contributed by atoms with van der Waals surface area (Å²) in [6.45, 7) is 9.14. The normalized spacial score (nSPS) is 9.17. The van der Waals surface area contributed by atoms with Crippen LogP contribution < -0.4 is 31.7 Å². The van der Waals surface area contributed by atoms with Crippen LogP contribution >= 0.6 is 0 Å². The Labute approximate surface area is 176 Å². The Hall–Kier alpha value is -2.71. The molecule has 6 N–H and O–H groups in total. The maximum absolute atomic E-state index is 11.7. The fourth-order valence-electron chi connectivity index (χ4n) is 2.00. The molecular formula is C21H40N6O2. The van der Waals surface area contributed by atoms with Gasteiger partial charge in [-0.25, -0.2) is 0 Å². The molecule has 8 nitrogen and oxygen atoms in total. The minimum Gasteiger partial charge on any atom is -0.495 e. The third-order valence-electron chi connectivity index (χ3n) is 3.66. The number of nitrogens with two attached hydrogens (primary N) is 2. The molecule has 0 bridgehead atoms. The molecule has 0 aliphatic carbocycles. The van der Waals surface area contributed by atoms with Gasteiger partial charge in [0.25, 0.3) is 0 Å². The number of benzene rings is 1. The van der Waals surface area contributed by atoms with Gasteiger partial charge in [0.15, 0.2) is 0 Å².